The molecule has 2 unspecified atom stereocenters. The quantitative estimate of drug-likeness (QED) is 0.853. The third kappa shape index (κ3) is 2.56. The van der Waals surface area contributed by atoms with Gasteiger partial charge in [-0.15, -0.1) is 11.6 Å². The van der Waals surface area contributed by atoms with Crippen molar-refractivity contribution in [2.24, 2.45) is 10.9 Å². The van der Waals surface area contributed by atoms with Gasteiger partial charge in [0, 0.05) is 17.5 Å². The molecule has 0 amide bonds. The van der Waals surface area contributed by atoms with Crippen molar-refractivity contribution in [2.75, 3.05) is 6.54 Å². The van der Waals surface area contributed by atoms with E-state index < -0.39 is 10.0 Å². The minimum atomic E-state index is -3.43. The van der Waals surface area contributed by atoms with Crippen molar-refractivity contribution in [3.63, 3.8) is 0 Å². The second kappa shape index (κ2) is 5.37. The molecule has 108 valence electrons. The van der Waals surface area contributed by atoms with Crippen LogP contribution in [0.5, 0.6) is 0 Å². The van der Waals surface area contributed by atoms with Crippen LogP contribution in [-0.4, -0.2) is 26.2 Å². The largest absolute Gasteiger partial charge is 0.267 e. The SMILES string of the molecule is O=S1(=O)NC(=NCC2CCCCC2Cl)c2ccccc21. The maximum absolute atomic E-state index is 12.0. The van der Waals surface area contributed by atoms with Crippen LogP contribution in [0.4, 0.5) is 0 Å². The van der Waals surface area contributed by atoms with Crippen molar-refractivity contribution in [3.05, 3.63) is 29.8 Å². The average molecular weight is 313 g/mol. The molecule has 0 aromatic heterocycles. The van der Waals surface area contributed by atoms with Gasteiger partial charge in [0.2, 0.25) is 0 Å². The molecule has 1 heterocycles. The number of nitrogens with zero attached hydrogens (tertiary/aromatic N) is 1. The molecule has 2 aliphatic rings. The molecule has 4 nitrogen and oxygen atoms in total. The van der Waals surface area contributed by atoms with E-state index in [9.17, 15) is 8.42 Å². The summed E-state index contributed by atoms with van der Waals surface area (Å²) in [5, 5.41) is 0.154. The van der Waals surface area contributed by atoms with Gasteiger partial charge in [0.15, 0.2) is 0 Å². The first-order valence-electron chi connectivity index (χ1n) is 6.89. The van der Waals surface area contributed by atoms with Crippen LogP contribution in [0.25, 0.3) is 0 Å². The van der Waals surface area contributed by atoms with E-state index in [1.54, 1.807) is 18.2 Å². The van der Waals surface area contributed by atoms with E-state index in [1.165, 1.54) is 12.8 Å². The number of halogens is 1. The maximum atomic E-state index is 12.0. The highest BCUT2D eigenvalue weighted by Crippen LogP contribution is 2.29. The second-order valence-electron chi connectivity index (χ2n) is 5.35. The van der Waals surface area contributed by atoms with Crippen molar-refractivity contribution in [1.29, 1.82) is 0 Å². The molecular formula is C14H17ClN2O2S. The monoisotopic (exact) mass is 312 g/mol. The Bertz CT molecular complexity index is 642. The molecule has 1 aliphatic heterocycles. The normalized spacial score (nSPS) is 29.9. The average Bonchev–Trinajstić information content (AvgIpc) is 2.70. The van der Waals surface area contributed by atoms with Gasteiger partial charge in [-0.2, -0.15) is 0 Å². The third-order valence-corrected chi connectivity index (χ3v) is 5.93. The molecule has 1 aromatic carbocycles. The zero-order chi connectivity index (χ0) is 14.2. The smallest absolute Gasteiger partial charge is 0.263 e. The first-order valence-corrected chi connectivity index (χ1v) is 8.80. The lowest BCUT2D eigenvalue weighted by molar-refractivity contribution is 0.374. The van der Waals surface area contributed by atoms with Gasteiger partial charge in [-0.3, -0.25) is 9.71 Å². The zero-order valence-electron chi connectivity index (χ0n) is 11.0. The fourth-order valence-corrected chi connectivity index (χ4v) is 4.44. The first kappa shape index (κ1) is 13.9. The number of sulfonamides is 1. The number of nitrogens with one attached hydrogen (secondary N) is 1. The molecule has 20 heavy (non-hydrogen) atoms. The van der Waals surface area contributed by atoms with Gasteiger partial charge in [0.1, 0.15) is 5.84 Å². The highest BCUT2D eigenvalue weighted by molar-refractivity contribution is 7.90. The van der Waals surface area contributed by atoms with Crippen LogP contribution in [0.1, 0.15) is 31.2 Å². The van der Waals surface area contributed by atoms with Crippen LogP contribution >= 0.6 is 11.6 Å². The Labute approximate surface area is 124 Å². The first-order chi connectivity index (χ1) is 9.58. The van der Waals surface area contributed by atoms with Crippen LogP contribution in [-0.2, 0) is 10.0 Å². The Balaban J connectivity index is 1.83. The second-order valence-corrected chi connectivity index (χ2v) is 7.56. The molecule has 6 heteroatoms. The maximum Gasteiger partial charge on any atom is 0.263 e. The van der Waals surface area contributed by atoms with Gasteiger partial charge in [0.25, 0.3) is 10.0 Å². The molecule has 3 rings (SSSR count). The molecule has 1 N–H and O–H groups in total. The van der Waals surface area contributed by atoms with E-state index in [2.05, 4.69) is 9.71 Å². The lowest BCUT2D eigenvalue weighted by Crippen LogP contribution is -2.26. The van der Waals surface area contributed by atoms with Crippen molar-refractivity contribution in [1.82, 2.24) is 4.72 Å². The van der Waals surface area contributed by atoms with Crippen molar-refractivity contribution >= 4 is 27.5 Å². The predicted molar refractivity (Wildman–Crippen MR) is 79.8 cm³/mol. The summed E-state index contributed by atoms with van der Waals surface area (Å²) < 4.78 is 26.5. The molecule has 0 bridgehead atoms. The van der Waals surface area contributed by atoms with Gasteiger partial charge in [0.05, 0.1) is 4.90 Å². The molecular weight excluding hydrogens is 296 g/mol. The lowest BCUT2D eigenvalue weighted by Gasteiger charge is -2.25. The van der Waals surface area contributed by atoms with Crippen molar-refractivity contribution < 1.29 is 8.42 Å². The lowest BCUT2D eigenvalue weighted by atomic mass is 9.89. The Morgan fingerprint density at radius 1 is 1.25 bits per heavy atom. The summed E-state index contributed by atoms with van der Waals surface area (Å²) in [6.07, 6.45) is 4.45. The summed E-state index contributed by atoms with van der Waals surface area (Å²) in [5.41, 5.74) is 0.662. The van der Waals surface area contributed by atoms with E-state index in [-0.39, 0.29) is 5.38 Å². The van der Waals surface area contributed by atoms with E-state index in [4.69, 9.17) is 11.6 Å². The number of benzene rings is 1. The topological polar surface area (TPSA) is 58.5 Å². The number of rotatable bonds is 2. The standard InChI is InChI=1S/C14H17ClN2O2S/c15-12-7-3-1-5-10(12)9-16-14-11-6-2-4-8-13(11)20(18,19)17-14/h2,4,6,8,10,12H,1,3,5,7,9H2,(H,16,17). The number of hydrogen-bond donors (Lipinski definition) is 1. The van der Waals surface area contributed by atoms with Crippen molar-refractivity contribution in [3.8, 4) is 0 Å². The summed E-state index contributed by atoms with van der Waals surface area (Å²) in [7, 11) is -3.43. The molecule has 0 radical (unpaired) electrons. The van der Waals surface area contributed by atoms with Gasteiger partial charge in [-0.1, -0.05) is 25.0 Å². The molecule has 0 spiro atoms. The number of hydrogen-bond acceptors (Lipinski definition) is 3. The molecule has 1 aromatic rings. The fourth-order valence-electron chi connectivity index (χ4n) is 2.83. The number of fused-ring (bicyclic) bond motifs is 1. The van der Waals surface area contributed by atoms with Gasteiger partial charge in [-0.25, -0.2) is 8.42 Å². The molecule has 1 fully saturated rings. The highest BCUT2D eigenvalue weighted by Gasteiger charge is 2.30. The van der Waals surface area contributed by atoms with Gasteiger partial charge in [-0.05, 0) is 30.9 Å². The summed E-state index contributed by atoms with van der Waals surface area (Å²) in [6, 6.07) is 6.93. The van der Waals surface area contributed by atoms with Crippen LogP contribution in [0, 0.1) is 5.92 Å². The minimum absolute atomic E-state index is 0.154. The minimum Gasteiger partial charge on any atom is -0.267 e. The van der Waals surface area contributed by atoms with Crippen molar-refractivity contribution in [2.45, 2.75) is 36.0 Å². The van der Waals surface area contributed by atoms with E-state index >= 15 is 0 Å². The Morgan fingerprint density at radius 3 is 2.80 bits per heavy atom. The number of amidine groups is 1. The number of alkyl halides is 1. The van der Waals surface area contributed by atoms with E-state index in [1.807, 2.05) is 6.07 Å². The van der Waals surface area contributed by atoms with E-state index in [0.29, 0.717) is 28.8 Å². The van der Waals surface area contributed by atoms with Crippen LogP contribution < -0.4 is 4.72 Å². The van der Waals surface area contributed by atoms with Gasteiger partial charge >= 0.3 is 0 Å². The summed E-state index contributed by atoms with van der Waals surface area (Å²) in [6.45, 7) is 0.584. The predicted octanol–water partition coefficient (Wildman–Crippen LogP) is 2.52. The van der Waals surface area contributed by atoms with Crippen LogP contribution in [0.15, 0.2) is 34.2 Å². The summed E-state index contributed by atoms with van der Waals surface area (Å²) in [5.74, 6) is 0.797. The van der Waals surface area contributed by atoms with Crippen LogP contribution in [0.3, 0.4) is 0 Å². The van der Waals surface area contributed by atoms with E-state index in [0.717, 1.165) is 12.8 Å². The third-order valence-electron chi connectivity index (χ3n) is 3.96. The Kier molecular flexibility index (Phi) is 3.73. The highest BCUT2D eigenvalue weighted by atomic mass is 35.5. The molecule has 0 saturated heterocycles. The summed E-state index contributed by atoms with van der Waals surface area (Å²) in [4.78, 5) is 4.79. The van der Waals surface area contributed by atoms with Crippen LogP contribution in [0.2, 0.25) is 0 Å². The molecule has 1 aliphatic carbocycles. The Morgan fingerprint density at radius 2 is 2.00 bits per heavy atom. The Hall–Kier alpha value is -1.07. The molecule has 1 saturated carbocycles. The zero-order valence-corrected chi connectivity index (χ0v) is 12.6. The van der Waals surface area contributed by atoms with Gasteiger partial charge < -0.3 is 0 Å². The summed E-state index contributed by atoms with van der Waals surface area (Å²) >= 11 is 6.32. The fraction of sp³-hybridized carbons (Fsp3) is 0.500. The number of aliphatic imine (C=N–C) groups is 1. The molecule has 2 atom stereocenters.